The molecule has 1 aliphatic heterocycles. The molecule has 0 radical (unpaired) electrons. The molecule has 2 nitrogen and oxygen atoms in total. The Hall–Kier alpha value is 0.270. The van der Waals surface area contributed by atoms with Gasteiger partial charge in [-0.25, -0.2) is 0 Å². The highest BCUT2D eigenvalue weighted by atomic mass is 32.2. The zero-order valence-corrected chi connectivity index (χ0v) is 13.8. The zero-order chi connectivity index (χ0) is 13.6. The van der Waals surface area contributed by atoms with Gasteiger partial charge in [0.25, 0.3) is 0 Å². The van der Waals surface area contributed by atoms with E-state index in [4.69, 9.17) is 0 Å². The Kier molecular flexibility index (Phi) is 6.49. The first-order valence-corrected chi connectivity index (χ1v) is 8.40. The number of thioether (sulfide) groups is 1. The quantitative estimate of drug-likeness (QED) is 0.799. The Morgan fingerprint density at radius 2 is 2.06 bits per heavy atom. The van der Waals surface area contributed by atoms with Gasteiger partial charge in [0.15, 0.2) is 0 Å². The van der Waals surface area contributed by atoms with Crippen LogP contribution in [0.25, 0.3) is 0 Å². The first-order chi connectivity index (χ1) is 8.41. The summed E-state index contributed by atoms with van der Waals surface area (Å²) in [6, 6.07) is 0. The number of nitrogens with one attached hydrogen (secondary N) is 1. The van der Waals surface area contributed by atoms with E-state index >= 15 is 0 Å². The second-order valence-corrected chi connectivity index (χ2v) is 8.53. The summed E-state index contributed by atoms with van der Waals surface area (Å²) in [6.07, 6.45) is 3.92. The molecule has 1 atom stereocenters. The summed E-state index contributed by atoms with van der Waals surface area (Å²) < 4.78 is 0.471. The maximum atomic E-state index is 3.38. The van der Waals surface area contributed by atoms with E-state index in [-0.39, 0.29) is 0 Å². The fourth-order valence-electron chi connectivity index (χ4n) is 3.01. The van der Waals surface area contributed by atoms with Gasteiger partial charge in [-0.3, -0.25) is 0 Å². The van der Waals surface area contributed by atoms with Crippen LogP contribution in [-0.2, 0) is 0 Å². The predicted octanol–water partition coefficient (Wildman–Crippen LogP) is 3.23. The molecule has 1 saturated heterocycles. The molecule has 1 heterocycles. The average Bonchev–Trinajstić information content (AvgIpc) is 2.41. The van der Waals surface area contributed by atoms with Gasteiger partial charge >= 0.3 is 0 Å². The third-order valence-electron chi connectivity index (χ3n) is 3.99. The van der Waals surface area contributed by atoms with E-state index in [0.29, 0.717) is 10.2 Å². The third-order valence-corrected chi connectivity index (χ3v) is 5.37. The molecule has 0 saturated carbocycles. The van der Waals surface area contributed by atoms with Gasteiger partial charge in [0.05, 0.1) is 0 Å². The van der Waals surface area contributed by atoms with Crippen LogP contribution < -0.4 is 5.32 Å². The Balaban J connectivity index is 2.53. The Morgan fingerprint density at radius 1 is 1.33 bits per heavy atom. The standard InChI is InChI=1S/C15H32N2S/c1-6-7-15(4,12-16-5)13-17-9-8-14(2,3)18-11-10-17/h16H,6-13H2,1-5H3. The van der Waals surface area contributed by atoms with E-state index in [2.05, 4.69) is 56.7 Å². The highest BCUT2D eigenvalue weighted by Gasteiger charge is 2.29. The van der Waals surface area contributed by atoms with E-state index in [1.165, 1.54) is 44.6 Å². The Labute approximate surface area is 118 Å². The molecule has 1 unspecified atom stereocenters. The van der Waals surface area contributed by atoms with Crippen molar-refractivity contribution >= 4 is 11.8 Å². The number of hydrogen-bond acceptors (Lipinski definition) is 3. The van der Waals surface area contributed by atoms with Crippen LogP contribution in [0.1, 0.15) is 47.0 Å². The minimum atomic E-state index is 0.433. The van der Waals surface area contributed by atoms with Crippen LogP contribution in [0.3, 0.4) is 0 Å². The maximum absolute atomic E-state index is 3.38. The monoisotopic (exact) mass is 272 g/mol. The minimum absolute atomic E-state index is 0.433. The van der Waals surface area contributed by atoms with E-state index in [1.54, 1.807) is 0 Å². The summed E-state index contributed by atoms with van der Waals surface area (Å²) in [4.78, 5) is 2.69. The van der Waals surface area contributed by atoms with Crippen molar-refractivity contribution in [1.82, 2.24) is 10.2 Å². The maximum Gasteiger partial charge on any atom is 0.0116 e. The summed E-state index contributed by atoms with van der Waals surface area (Å²) in [7, 11) is 2.08. The summed E-state index contributed by atoms with van der Waals surface area (Å²) in [5.74, 6) is 1.29. The van der Waals surface area contributed by atoms with Crippen molar-refractivity contribution in [2.75, 3.05) is 39.0 Å². The normalized spacial score (nSPS) is 24.5. The van der Waals surface area contributed by atoms with Crippen LogP contribution in [0, 0.1) is 5.41 Å². The molecular formula is C15H32N2S. The highest BCUT2D eigenvalue weighted by molar-refractivity contribution is 8.00. The van der Waals surface area contributed by atoms with E-state index < -0.39 is 0 Å². The molecule has 0 aromatic heterocycles. The van der Waals surface area contributed by atoms with Crippen molar-refractivity contribution in [3.8, 4) is 0 Å². The lowest BCUT2D eigenvalue weighted by Gasteiger charge is -2.35. The Morgan fingerprint density at radius 3 is 2.67 bits per heavy atom. The molecular weight excluding hydrogens is 240 g/mol. The number of rotatable bonds is 6. The van der Waals surface area contributed by atoms with Crippen LogP contribution in [0.2, 0.25) is 0 Å². The molecule has 0 aromatic rings. The van der Waals surface area contributed by atoms with Gasteiger partial charge in [-0.05, 0) is 31.8 Å². The van der Waals surface area contributed by atoms with E-state index in [0.717, 1.165) is 6.54 Å². The molecule has 1 rings (SSSR count). The van der Waals surface area contributed by atoms with Crippen LogP contribution in [0.5, 0.6) is 0 Å². The lowest BCUT2D eigenvalue weighted by atomic mass is 9.84. The number of hydrogen-bond donors (Lipinski definition) is 1. The molecule has 0 amide bonds. The lowest BCUT2D eigenvalue weighted by Crippen LogP contribution is -2.42. The first kappa shape index (κ1) is 16.3. The second kappa shape index (κ2) is 7.16. The van der Waals surface area contributed by atoms with Crippen LogP contribution in [0.4, 0.5) is 0 Å². The largest absolute Gasteiger partial charge is 0.319 e. The summed E-state index contributed by atoms with van der Waals surface area (Å²) in [5.41, 5.74) is 0.433. The van der Waals surface area contributed by atoms with Gasteiger partial charge in [0.2, 0.25) is 0 Å². The second-order valence-electron chi connectivity index (χ2n) is 6.73. The molecule has 3 heteroatoms. The fourth-order valence-corrected chi connectivity index (χ4v) is 4.15. The van der Waals surface area contributed by atoms with Crippen molar-refractivity contribution in [3.05, 3.63) is 0 Å². The van der Waals surface area contributed by atoms with Crippen LogP contribution in [-0.4, -0.2) is 48.6 Å². The van der Waals surface area contributed by atoms with Gasteiger partial charge < -0.3 is 10.2 Å². The molecule has 0 aliphatic carbocycles. The molecule has 1 aliphatic rings. The van der Waals surface area contributed by atoms with Crippen molar-refractivity contribution < 1.29 is 0 Å². The smallest absolute Gasteiger partial charge is 0.0116 e. The van der Waals surface area contributed by atoms with Gasteiger partial charge in [-0.15, -0.1) is 0 Å². The molecule has 0 aromatic carbocycles. The van der Waals surface area contributed by atoms with Crippen molar-refractivity contribution in [2.24, 2.45) is 5.41 Å². The molecule has 1 fully saturated rings. The van der Waals surface area contributed by atoms with Crippen LogP contribution >= 0.6 is 11.8 Å². The van der Waals surface area contributed by atoms with Gasteiger partial charge in [-0.2, -0.15) is 11.8 Å². The predicted molar refractivity (Wildman–Crippen MR) is 84.5 cm³/mol. The molecule has 1 N–H and O–H groups in total. The highest BCUT2D eigenvalue weighted by Crippen LogP contribution is 2.32. The van der Waals surface area contributed by atoms with Gasteiger partial charge in [-0.1, -0.05) is 34.1 Å². The van der Waals surface area contributed by atoms with Crippen molar-refractivity contribution in [3.63, 3.8) is 0 Å². The van der Waals surface area contributed by atoms with Gasteiger partial charge in [0.1, 0.15) is 0 Å². The summed E-state index contributed by atoms with van der Waals surface area (Å²) in [5, 5.41) is 3.38. The summed E-state index contributed by atoms with van der Waals surface area (Å²) >= 11 is 2.14. The molecule has 0 bridgehead atoms. The summed E-state index contributed by atoms with van der Waals surface area (Å²) in [6.45, 7) is 14.4. The zero-order valence-electron chi connectivity index (χ0n) is 13.0. The third kappa shape index (κ3) is 5.50. The Bertz CT molecular complexity index is 235. The SMILES string of the molecule is CCCC(C)(CNC)CN1CCSC(C)(C)CC1. The fraction of sp³-hybridized carbons (Fsp3) is 1.00. The molecule has 108 valence electrons. The van der Waals surface area contributed by atoms with Crippen LogP contribution in [0.15, 0.2) is 0 Å². The van der Waals surface area contributed by atoms with Crippen molar-refractivity contribution in [1.29, 1.82) is 0 Å². The topological polar surface area (TPSA) is 15.3 Å². The van der Waals surface area contributed by atoms with E-state index in [1.807, 2.05) is 0 Å². The lowest BCUT2D eigenvalue weighted by molar-refractivity contribution is 0.156. The number of nitrogens with zero attached hydrogens (tertiary/aromatic N) is 1. The average molecular weight is 273 g/mol. The van der Waals surface area contributed by atoms with Gasteiger partial charge in [0, 0.05) is 30.1 Å². The molecule has 18 heavy (non-hydrogen) atoms. The molecule has 0 spiro atoms. The van der Waals surface area contributed by atoms with E-state index in [9.17, 15) is 0 Å². The minimum Gasteiger partial charge on any atom is -0.319 e. The van der Waals surface area contributed by atoms with Crippen molar-refractivity contribution in [2.45, 2.75) is 51.7 Å². The first-order valence-electron chi connectivity index (χ1n) is 7.42.